The summed E-state index contributed by atoms with van der Waals surface area (Å²) in [5.41, 5.74) is 2.79. The lowest BCUT2D eigenvalue weighted by Crippen LogP contribution is -2.04. The normalized spacial score (nSPS) is 11.2. The Bertz CT molecular complexity index is 1010. The van der Waals surface area contributed by atoms with Crippen molar-refractivity contribution < 1.29 is 19.4 Å². The number of fused-ring (bicyclic) bond motifs is 1. The number of pyridine rings is 1. The van der Waals surface area contributed by atoms with Gasteiger partial charge in [0.2, 0.25) is 0 Å². The van der Waals surface area contributed by atoms with Crippen LogP contribution in [0.4, 0.5) is 11.5 Å². The number of hydrogen-bond acceptors (Lipinski definition) is 6. The fourth-order valence-corrected chi connectivity index (χ4v) is 2.39. The lowest BCUT2D eigenvalue weighted by Gasteiger charge is -2.00. The molecule has 0 spiro atoms. The van der Waals surface area contributed by atoms with E-state index in [9.17, 15) is 9.59 Å². The summed E-state index contributed by atoms with van der Waals surface area (Å²) in [5.74, 6) is -1.01. The van der Waals surface area contributed by atoms with Crippen molar-refractivity contribution in [1.29, 1.82) is 0 Å². The quantitative estimate of drug-likeness (QED) is 0.559. The van der Waals surface area contributed by atoms with Crippen LogP contribution >= 0.6 is 0 Å². The highest BCUT2D eigenvalue weighted by Crippen LogP contribution is 2.25. The molecule has 0 aliphatic rings. The number of methoxy groups -OCH3 is 1. The third-order valence-corrected chi connectivity index (χ3v) is 3.74. The Hall–Kier alpha value is -3.55. The van der Waals surface area contributed by atoms with Crippen LogP contribution < -0.4 is 0 Å². The Balaban J connectivity index is 2.00. The molecule has 8 heteroatoms. The van der Waals surface area contributed by atoms with Crippen molar-refractivity contribution in [2.24, 2.45) is 10.2 Å². The summed E-state index contributed by atoms with van der Waals surface area (Å²) in [4.78, 5) is 27.0. The number of carboxylic acid groups (broad SMARTS) is 1. The second-order valence-electron chi connectivity index (χ2n) is 5.62. The van der Waals surface area contributed by atoms with E-state index in [2.05, 4.69) is 15.2 Å². The summed E-state index contributed by atoms with van der Waals surface area (Å²) in [6, 6.07) is 9.78. The first kappa shape index (κ1) is 17.3. The number of carbonyl (C=O) groups excluding carboxylic acids is 1. The Morgan fingerprint density at radius 1 is 1.19 bits per heavy atom. The molecule has 3 rings (SSSR count). The van der Waals surface area contributed by atoms with Crippen LogP contribution in [0.25, 0.3) is 5.65 Å². The van der Waals surface area contributed by atoms with E-state index in [1.807, 2.05) is 19.1 Å². The van der Waals surface area contributed by atoms with E-state index in [4.69, 9.17) is 9.84 Å². The fourth-order valence-electron chi connectivity index (χ4n) is 2.39. The molecule has 0 saturated carbocycles. The summed E-state index contributed by atoms with van der Waals surface area (Å²) in [7, 11) is 1.31. The molecule has 0 fully saturated rings. The van der Waals surface area contributed by atoms with Gasteiger partial charge in [-0.05, 0) is 48.9 Å². The number of rotatable bonds is 5. The number of carboxylic acids is 1. The van der Waals surface area contributed by atoms with Crippen LogP contribution in [-0.4, -0.2) is 33.5 Å². The van der Waals surface area contributed by atoms with Gasteiger partial charge in [-0.2, -0.15) is 0 Å². The number of hydrogen-bond donors (Lipinski definition) is 1. The molecule has 8 nitrogen and oxygen atoms in total. The SMILES string of the molecule is COC(=O)Cc1nc2cc(C)ccn2c1N=Nc1ccc(C(=O)O)cc1. The van der Waals surface area contributed by atoms with Gasteiger partial charge in [-0.3, -0.25) is 9.20 Å². The van der Waals surface area contributed by atoms with E-state index in [1.165, 1.54) is 19.2 Å². The number of aromatic nitrogens is 2. The Labute approximate surface area is 148 Å². The fraction of sp³-hybridized carbons (Fsp3) is 0.167. The van der Waals surface area contributed by atoms with E-state index >= 15 is 0 Å². The van der Waals surface area contributed by atoms with Crippen LogP contribution in [0, 0.1) is 6.92 Å². The zero-order valence-electron chi connectivity index (χ0n) is 14.2. The van der Waals surface area contributed by atoms with Crippen LogP contribution in [0.5, 0.6) is 0 Å². The Morgan fingerprint density at radius 2 is 1.92 bits per heavy atom. The summed E-state index contributed by atoms with van der Waals surface area (Å²) in [6.07, 6.45) is 1.78. The number of aryl methyl sites for hydroxylation is 1. The van der Waals surface area contributed by atoms with Crippen molar-refractivity contribution in [3.05, 3.63) is 59.4 Å². The average Bonchev–Trinajstić information content (AvgIpc) is 2.96. The van der Waals surface area contributed by atoms with Gasteiger partial charge in [-0.1, -0.05) is 0 Å². The van der Waals surface area contributed by atoms with Crippen molar-refractivity contribution in [1.82, 2.24) is 9.38 Å². The maximum Gasteiger partial charge on any atom is 0.335 e. The zero-order chi connectivity index (χ0) is 18.7. The number of azo groups is 1. The van der Waals surface area contributed by atoms with Gasteiger partial charge < -0.3 is 9.84 Å². The predicted octanol–water partition coefficient (Wildman–Crippen LogP) is 3.47. The molecule has 2 heterocycles. The number of nitrogens with zero attached hydrogens (tertiary/aromatic N) is 4. The summed E-state index contributed by atoms with van der Waals surface area (Å²) in [5, 5.41) is 17.3. The number of imidazole rings is 1. The minimum Gasteiger partial charge on any atom is -0.478 e. The van der Waals surface area contributed by atoms with E-state index in [0.29, 0.717) is 22.8 Å². The van der Waals surface area contributed by atoms with Gasteiger partial charge in [0, 0.05) is 6.20 Å². The molecule has 0 unspecified atom stereocenters. The Kier molecular flexibility index (Phi) is 4.74. The van der Waals surface area contributed by atoms with Gasteiger partial charge in [-0.25, -0.2) is 9.78 Å². The van der Waals surface area contributed by atoms with E-state index in [-0.39, 0.29) is 12.0 Å². The molecule has 2 aromatic heterocycles. The topological polar surface area (TPSA) is 106 Å². The van der Waals surface area contributed by atoms with Crippen LogP contribution in [0.2, 0.25) is 0 Å². The molecule has 1 aromatic carbocycles. The van der Waals surface area contributed by atoms with Gasteiger partial charge in [0.05, 0.1) is 30.5 Å². The molecule has 0 bridgehead atoms. The van der Waals surface area contributed by atoms with Crippen molar-refractivity contribution in [3.63, 3.8) is 0 Å². The number of ether oxygens (including phenoxy) is 1. The molecule has 3 aromatic rings. The predicted molar refractivity (Wildman–Crippen MR) is 93.2 cm³/mol. The third-order valence-electron chi connectivity index (χ3n) is 3.74. The highest BCUT2D eigenvalue weighted by Gasteiger charge is 2.16. The highest BCUT2D eigenvalue weighted by molar-refractivity contribution is 5.87. The van der Waals surface area contributed by atoms with Crippen LogP contribution in [-0.2, 0) is 16.0 Å². The molecule has 0 saturated heterocycles. The highest BCUT2D eigenvalue weighted by atomic mass is 16.5. The number of esters is 1. The van der Waals surface area contributed by atoms with Crippen molar-refractivity contribution in [2.45, 2.75) is 13.3 Å². The molecule has 0 radical (unpaired) electrons. The maximum atomic E-state index is 11.7. The first-order valence-corrected chi connectivity index (χ1v) is 7.77. The second kappa shape index (κ2) is 7.14. The minimum atomic E-state index is -1.01. The minimum absolute atomic E-state index is 0.0243. The van der Waals surface area contributed by atoms with Gasteiger partial charge in [0.25, 0.3) is 0 Å². The average molecular weight is 352 g/mol. The van der Waals surface area contributed by atoms with E-state index < -0.39 is 11.9 Å². The lowest BCUT2D eigenvalue weighted by atomic mass is 10.2. The third kappa shape index (κ3) is 3.59. The van der Waals surface area contributed by atoms with Gasteiger partial charge in [-0.15, -0.1) is 10.2 Å². The van der Waals surface area contributed by atoms with Gasteiger partial charge in [0.1, 0.15) is 5.65 Å². The summed E-state index contributed by atoms with van der Waals surface area (Å²) < 4.78 is 6.45. The molecule has 1 N–H and O–H groups in total. The molecular weight excluding hydrogens is 336 g/mol. The smallest absolute Gasteiger partial charge is 0.335 e. The standard InChI is InChI=1S/C18H16N4O4/c1-11-7-8-22-15(9-11)19-14(10-16(23)26-2)17(22)21-20-13-5-3-12(4-6-13)18(24)25/h3-9H,10H2,1-2H3,(H,24,25). The maximum absolute atomic E-state index is 11.7. The molecular formula is C18H16N4O4. The van der Waals surface area contributed by atoms with Crippen molar-refractivity contribution in [3.8, 4) is 0 Å². The van der Waals surface area contributed by atoms with Gasteiger partial charge >= 0.3 is 11.9 Å². The lowest BCUT2D eigenvalue weighted by molar-refractivity contribution is -0.139. The van der Waals surface area contributed by atoms with E-state index in [0.717, 1.165) is 5.56 Å². The van der Waals surface area contributed by atoms with Crippen LogP contribution in [0.3, 0.4) is 0 Å². The number of carbonyl (C=O) groups is 2. The van der Waals surface area contributed by atoms with Crippen LogP contribution in [0.1, 0.15) is 21.6 Å². The first-order chi connectivity index (χ1) is 12.5. The van der Waals surface area contributed by atoms with Crippen molar-refractivity contribution >= 4 is 29.1 Å². The molecule has 0 aliphatic carbocycles. The van der Waals surface area contributed by atoms with E-state index in [1.54, 1.807) is 22.7 Å². The van der Waals surface area contributed by atoms with Crippen LogP contribution in [0.15, 0.2) is 52.8 Å². The number of benzene rings is 1. The molecule has 0 atom stereocenters. The first-order valence-electron chi connectivity index (χ1n) is 7.77. The van der Waals surface area contributed by atoms with Gasteiger partial charge in [0.15, 0.2) is 5.82 Å². The monoisotopic (exact) mass is 352 g/mol. The summed E-state index contributed by atoms with van der Waals surface area (Å²) in [6.45, 7) is 1.94. The molecule has 26 heavy (non-hydrogen) atoms. The molecule has 0 aliphatic heterocycles. The second-order valence-corrected chi connectivity index (χ2v) is 5.62. The van der Waals surface area contributed by atoms with Crippen molar-refractivity contribution in [2.75, 3.05) is 7.11 Å². The molecule has 0 amide bonds. The molecule has 132 valence electrons. The number of aromatic carboxylic acids is 1. The largest absolute Gasteiger partial charge is 0.478 e. The zero-order valence-corrected chi connectivity index (χ0v) is 14.2. The summed E-state index contributed by atoms with van der Waals surface area (Å²) >= 11 is 0. The Morgan fingerprint density at radius 3 is 2.58 bits per heavy atom.